The third-order valence-electron chi connectivity index (χ3n) is 7.52. The van der Waals surface area contributed by atoms with Gasteiger partial charge in [-0.05, 0) is 81.6 Å². The number of hydrogen-bond donors (Lipinski definition) is 1. The first-order chi connectivity index (χ1) is 14.8. The first kappa shape index (κ1) is 27.5. The van der Waals surface area contributed by atoms with E-state index in [0.717, 1.165) is 37.7 Å². The fraction of sp³-hybridized carbons (Fsp3) is 0.760. The third kappa shape index (κ3) is 6.66. The SMILES string of the molecule is Cc1ccc(S(=O)(=O)N2[C@H](CCO[Si](C)(C)C(C)(C)C)CC[C@@H](C)[C@@H]2CCCCO)cc1. The molecular weight excluding hydrogens is 438 g/mol. The second kappa shape index (κ2) is 11.1. The van der Waals surface area contributed by atoms with Gasteiger partial charge in [-0.2, -0.15) is 4.31 Å². The average Bonchev–Trinajstić information content (AvgIpc) is 2.69. The van der Waals surface area contributed by atoms with Gasteiger partial charge in [-0.15, -0.1) is 0 Å². The molecule has 1 saturated heterocycles. The summed E-state index contributed by atoms with van der Waals surface area (Å²) in [6.07, 6.45) is 4.94. The van der Waals surface area contributed by atoms with Crippen LogP contribution in [0.15, 0.2) is 29.2 Å². The van der Waals surface area contributed by atoms with Crippen LogP contribution in [0.5, 0.6) is 0 Å². The number of aliphatic hydroxyl groups is 1. The number of piperidine rings is 1. The molecule has 0 spiro atoms. The third-order valence-corrected chi connectivity index (χ3v) is 14.1. The molecule has 1 aromatic carbocycles. The molecule has 0 aliphatic carbocycles. The normalized spacial score (nSPS) is 23.4. The molecule has 0 radical (unpaired) electrons. The summed E-state index contributed by atoms with van der Waals surface area (Å²) in [5.74, 6) is 0.298. The van der Waals surface area contributed by atoms with Crippen LogP contribution in [0.3, 0.4) is 0 Å². The lowest BCUT2D eigenvalue weighted by Gasteiger charge is -2.45. The number of nitrogens with zero attached hydrogens (tertiary/aromatic N) is 1. The zero-order valence-electron chi connectivity index (χ0n) is 21.2. The van der Waals surface area contributed by atoms with E-state index in [-0.39, 0.29) is 23.7 Å². The molecule has 1 aliphatic rings. The Morgan fingerprint density at radius 1 is 1.09 bits per heavy atom. The van der Waals surface area contributed by atoms with E-state index in [1.165, 1.54) is 0 Å². The van der Waals surface area contributed by atoms with Crippen LogP contribution in [0.1, 0.15) is 71.8 Å². The van der Waals surface area contributed by atoms with Crippen molar-refractivity contribution in [3.8, 4) is 0 Å². The molecule has 5 nitrogen and oxygen atoms in total. The van der Waals surface area contributed by atoms with Crippen LogP contribution in [-0.4, -0.2) is 51.4 Å². The smallest absolute Gasteiger partial charge is 0.243 e. The minimum Gasteiger partial charge on any atom is -0.417 e. The summed E-state index contributed by atoms with van der Waals surface area (Å²) in [5, 5.41) is 9.39. The highest BCUT2D eigenvalue weighted by atomic mass is 32.2. The summed E-state index contributed by atoms with van der Waals surface area (Å²) in [7, 11) is -5.49. The molecule has 1 aromatic rings. The fourth-order valence-electron chi connectivity index (χ4n) is 4.32. The van der Waals surface area contributed by atoms with Gasteiger partial charge in [0.05, 0.1) is 4.90 Å². The van der Waals surface area contributed by atoms with Crippen molar-refractivity contribution in [1.82, 2.24) is 4.31 Å². The van der Waals surface area contributed by atoms with E-state index in [0.29, 0.717) is 23.8 Å². The van der Waals surface area contributed by atoms with Crippen LogP contribution in [0, 0.1) is 12.8 Å². The van der Waals surface area contributed by atoms with E-state index in [9.17, 15) is 13.5 Å². The van der Waals surface area contributed by atoms with Crippen LogP contribution in [0.25, 0.3) is 0 Å². The topological polar surface area (TPSA) is 66.8 Å². The number of benzene rings is 1. The molecule has 1 N–H and O–H groups in total. The van der Waals surface area contributed by atoms with Gasteiger partial charge >= 0.3 is 0 Å². The minimum atomic E-state index is -3.61. The molecule has 1 aliphatic heterocycles. The highest BCUT2D eigenvalue weighted by molar-refractivity contribution is 7.89. The first-order valence-corrected chi connectivity index (χ1v) is 16.5. The van der Waals surface area contributed by atoms with Gasteiger partial charge in [0.25, 0.3) is 0 Å². The van der Waals surface area contributed by atoms with Crippen molar-refractivity contribution >= 4 is 18.3 Å². The molecule has 1 heterocycles. The van der Waals surface area contributed by atoms with Crippen LogP contribution < -0.4 is 0 Å². The van der Waals surface area contributed by atoms with Crippen LogP contribution >= 0.6 is 0 Å². The molecule has 0 saturated carbocycles. The molecule has 3 atom stereocenters. The standard InChI is InChI=1S/C25H45NO4SSi/c1-20-11-15-23(16-12-20)31(28,29)26-22(17-19-30-32(6,7)25(3,4)5)14-13-21(2)24(26)10-8-9-18-27/h11-12,15-16,21-22,24,27H,8-10,13-14,17-19H2,1-7H3/t21-,22+,24+/m1/s1. The molecule has 184 valence electrons. The maximum atomic E-state index is 13.9. The van der Waals surface area contributed by atoms with Gasteiger partial charge in [-0.3, -0.25) is 0 Å². The lowest BCUT2D eigenvalue weighted by atomic mass is 9.85. The molecule has 0 bridgehead atoms. The number of sulfonamides is 1. The van der Waals surface area contributed by atoms with Gasteiger partial charge in [-0.1, -0.05) is 45.4 Å². The van der Waals surface area contributed by atoms with Crippen molar-refractivity contribution in [1.29, 1.82) is 0 Å². The minimum absolute atomic E-state index is 0.0422. The van der Waals surface area contributed by atoms with Gasteiger partial charge in [0.2, 0.25) is 10.0 Å². The van der Waals surface area contributed by atoms with Crippen molar-refractivity contribution < 1.29 is 18.0 Å². The Balaban J connectivity index is 2.30. The van der Waals surface area contributed by atoms with Gasteiger partial charge in [0, 0.05) is 25.3 Å². The molecule has 0 aromatic heterocycles. The average molecular weight is 484 g/mol. The summed E-state index contributed by atoms with van der Waals surface area (Å²) in [4.78, 5) is 0.375. The van der Waals surface area contributed by atoms with Gasteiger partial charge < -0.3 is 9.53 Å². The Kier molecular flexibility index (Phi) is 9.57. The second-order valence-corrected chi connectivity index (χ2v) is 17.7. The molecule has 2 rings (SSSR count). The predicted molar refractivity (Wildman–Crippen MR) is 135 cm³/mol. The van der Waals surface area contributed by atoms with Crippen molar-refractivity contribution in [2.75, 3.05) is 13.2 Å². The van der Waals surface area contributed by atoms with E-state index in [4.69, 9.17) is 4.43 Å². The predicted octanol–water partition coefficient (Wildman–Crippen LogP) is 5.73. The Morgan fingerprint density at radius 3 is 2.28 bits per heavy atom. The van der Waals surface area contributed by atoms with Crippen molar-refractivity contribution in [2.45, 2.75) is 108 Å². The zero-order chi connectivity index (χ0) is 24.2. The van der Waals surface area contributed by atoms with E-state index >= 15 is 0 Å². The fourth-order valence-corrected chi connectivity index (χ4v) is 7.38. The Hall–Kier alpha value is -0.733. The second-order valence-electron chi connectivity index (χ2n) is 11.0. The molecule has 0 unspecified atom stereocenters. The van der Waals surface area contributed by atoms with Crippen LogP contribution in [0.4, 0.5) is 0 Å². The number of aliphatic hydroxyl groups excluding tert-OH is 1. The maximum absolute atomic E-state index is 13.9. The van der Waals surface area contributed by atoms with Crippen molar-refractivity contribution in [3.63, 3.8) is 0 Å². The van der Waals surface area contributed by atoms with E-state index in [2.05, 4.69) is 40.8 Å². The molecule has 7 heteroatoms. The van der Waals surface area contributed by atoms with Crippen LogP contribution in [0.2, 0.25) is 18.1 Å². The highest BCUT2D eigenvalue weighted by Crippen LogP contribution is 2.39. The van der Waals surface area contributed by atoms with Crippen molar-refractivity contribution in [3.05, 3.63) is 29.8 Å². The monoisotopic (exact) mass is 483 g/mol. The molecule has 32 heavy (non-hydrogen) atoms. The lowest BCUT2D eigenvalue weighted by Crippen LogP contribution is -2.53. The van der Waals surface area contributed by atoms with E-state index < -0.39 is 18.3 Å². The number of unbranched alkanes of at least 4 members (excludes halogenated alkanes) is 1. The van der Waals surface area contributed by atoms with E-state index in [1.54, 1.807) is 12.1 Å². The Morgan fingerprint density at radius 2 is 1.72 bits per heavy atom. The first-order valence-electron chi connectivity index (χ1n) is 12.2. The van der Waals surface area contributed by atoms with Gasteiger partial charge in [0.1, 0.15) is 0 Å². The molecular formula is C25H45NO4SSi. The van der Waals surface area contributed by atoms with Gasteiger partial charge in [0.15, 0.2) is 8.32 Å². The van der Waals surface area contributed by atoms with Crippen LogP contribution in [-0.2, 0) is 14.4 Å². The summed E-state index contributed by atoms with van der Waals surface area (Å²) in [5.41, 5.74) is 1.05. The summed E-state index contributed by atoms with van der Waals surface area (Å²) < 4.78 is 36.0. The Labute approximate surface area is 197 Å². The molecule has 1 fully saturated rings. The summed E-state index contributed by atoms with van der Waals surface area (Å²) in [6, 6.07) is 7.11. The van der Waals surface area contributed by atoms with E-state index in [1.807, 2.05) is 23.4 Å². The Bertz CT molecular complexity index is 817. The number of aryl methyl sites for hydroxylation is 1. The quantitative estimate of drug-likeness (QED) is 0.341. The number of rotatable bonds is 10. The zero-order valence-corrected chi connectivity index (χ0v) is 23.0. The maximum Gasteiger partial charge on any atom is 0.243 e. The largest absolute Gasteiger partial charge is 0.417 e. The molecule has 0 amide bonds. The lowest BCUT2D eigenvalue weighted by molar-refractivity contribution is 0.0999. The summed E-state index contributed by atoms with van der Waals surface area (Å²) in [6.45, 7) is 16.1. The summed E-state index contributed by atoms with van der Waals surface area (Å²) >= 11 is 0. The highest BCUT2D eigenvalue weighted by Gasteiger charge is 2.43. The van der Waals surface area contributed by atoms with Gasteiger partial charge in [-0.25, -0.2) is 8.42 Å². The van der Waals surface area contributed by atoms with Crippen molar-refractivity contribution in [2.24, 2.45) is 5.92 Å². The number of hydrogen-bond acceptors (Lipinski definition) is 4.